The molecule has 3 aromatic rings. The molecule has 0 saturated heterocycles. The van der Waals surface area contributed by atoms with E-state index in [9.17, 15) is 14.7 Å². The van der Waals surface area contributed by atoms with E-state index in [1.54, 1.807) is 29.2 Å². The zero-order chi connectivity index (χ0) is 31.8. The molecule has 2 aliphatic rings. The molecule has 12 heteroatoms. The number of ether oxygens (including phenoxy) is 1. The minimum atomic E-state index is -0.749. The number of nitrogens with zero attached hydrogens (tertiary/aromatic N) is 5. The number of nitrogens with one attached hydrogen (secondary N) is 2. The van der Waals surface area contributed by atoms with Crippen LogP contribution >= 0.6 is 10.0 Å². The summed E-state index contributed by atoms with van der Waals surface area (Å²) in [5, 5.41) is 25.8. The summed E-state index contributed by atoms with van der Waals surface area (Å²) in [6, 6.07) is 2.52. The van der Waals surface area contributed by atoms with Gasteiger partial charge in [-0.2, -0.15) is 10.2 Å². The van der Waals surface area contributed by atoms with Crippen LogP contribution in [-0.2, 0) is 16.3 Å². The topological polar surface area (TPSA) is 136 Å². The van der Waals surface area contributed by atoms with Gasteiger partial charge in [-0.05, 0) is 102 Å². The zero-order valence-corrected chi connectivity index (χ0v) is 27.8. The van der Waals surface area contributed by atoms with Crippen LogP contribution in [0.3, 0.4) is 0 Å². The van der Waals surface area contributed by atoms with Crippen LogP contribution in [0.15, 0.2) is 24.5 Å². The quantitative estimate of drug-likeness (QED) is 0.217. The van der Waals surface area contributed by atoms with Crippen LogP contribution in [0.25, 0.3) is 11.1 Å². The summed E-state index contributed by atoms with van der Waals surface area (Å²) in [6.07, 6.45) is 14.2. The number of amides is 2. The molecule has 2 amide bonds. The van der Waals surface area contributed by atoms with Gasteiger partial charge in [-0.1, -0.05) is 0 Å². The Labute approximate surface area is 261 Å². The SMILES string of the molecule is Cc1nn(COCCS(C)(C)C)c(C)c1-c1cnc(NC(=O)C(NC(=O)c2ccnn2C(C)C)C(C2CC2)C2CC2)c(O)c1. The number of carbonyl (C=O) groups excluding carboxylic acids is 2. The monoisotopic (exact) mass is 625 g/mol. The Kier molecular flexibility index (Phi) is 9.41. The van der Waals surface area contributed by atoms with Crippen molar-refractivity contribution in [3.8, 4) is 16.9 Å². The highest BCUT2D eigenvalue weighted by atomic mass is 32.3. The molecule has 44 heavy (non-hydrogen) atoms. The van der Waals surface area contributed by atoms with Gasteiger partial charge in [0.25, 0.3) is 5.91 Å². The molecule has 5 rings (SSSR count). The Morgan fingerprint density at radius 2 is 1.82 bits per heavy atom. The molecule has 11 nitrogen and oxygen atoms in total. The van der Waals surface area contributed by atoms with Crippen molar-refractivity contribution in [1.29, 1.82) is 0 Å². The van der Waals surface area contributed by atoms with Gasteiger partial charge in [-0.3, -0.25) is 14.3 Å². The van der Waals surface area contributed by atoms with E-state index in [1.165, 1.54) is 0 Å². The summed E-state index contributed by atoms with van der Waals surface area (Å²) >= 11 is 0. The maximum atomic E-state index is 13.8. The number of hydrogen-bond acceptors (Lipinski definition) is 7. The van der Waals surface area contributed by atoms with Crippen molar-refractivity contribution in [2.75, 3.05) is 36.4 Å². The van der Waals surface area contributed by atoms with E-state index < -0.39 is 16.1 Å². The van der Waals surface area contributed by atoms with Gasteiger partial charge in [0.1, 0.15) is 18.5 Å². The first-order chi connectivity index (χ1) is 20.8. The van der Waals surface area contributed by atoms with Crippen LogP contribution in [0.1, 0.15) is 67.4 Å². The lowest BCUT2D eigenvalue weighted by molar-refractivity contribution is -0.119. The number of rotatable bonds is 14. The van der Waals surface area contributed by atoms with Crippen molar-refractivity contribution in [3.63, 3.8) is 0 Å². The number of anilines is 1. The Balaban J connectivity index is 1.32. The van der Waals surface area contributed by atoms with Crippen LogP contribution in [0.4, 0.5) is 5.82 Å². The number of carbonyl (C=O) groups is 2. The normalized spacial score (nSPS) is 16.4. The van der Waals surface area contributed by atoms with Gasteiger partial charge in [0.05, 0.1) is 12.3 Å². The minimum absolute atomic E-state index is 0.00150. The maximum absolute atomic E-state index is 13.8. The fourth-order valence-corrected chi connectivity index (χ4v) is 6.55. The zero-order valence-electron chi connectivity index (χ0n) is 27.0. The fourth-order valence-electron chi connectivity index (χ4n) is 5.93. The average molecular weight is 626 g/mol. The van der Waals surface area contributed by atoms with E-state index in [4.69, 9.17) is 4.74 Å². The summed E-state index contributed by atoms with van der Waals surface area (Å²) in [7, 11) is -0.631. The summed E-state index contributed by atoms with van der Waals surface area (Å²) in [4.78, 5) is 31.7. The van der Waals surface area contributed by atoms with Gasteiger partial charge < -0.3 is 20.5 Å². The van der Waals surface area contributed by atoms with E-state index in [0.29, 0.717) is 36.4 Å². The first-order valence-electron chi connectivity index (χ1n) is 15.5. The molecule has 1 unspecified atom stereocenters. The highest BCUT2D eigenvalue weighted by molar-refractivity contribution is 8.32. The lowest BCUT2D eigenvalue weighted by Crippen LogP contribution is -2.50. The number of aryl methyl sites for hydroxylation is 1. The first-order valence-corrected chi connectivity index (χ1v) is 18.5. The second kappa shape index (κ2) is 12.9. The first kappa shape index (κ1) is 32.0. The number of aromatic nitrogens is 5. The predicted octanol–water partition coefficient (Wildman–Crippen LogP) is 4.89. The molecule has 0 aliphatic heterocycles. The molecule has 3 heterocycles. The standard InChI is InChI=1S/C32H47N7O4S/c1-19(2)39-25(12-13-34-39)31(41)35-29(28(22-8-9-22)23-10-11-23)32(42)36-30-26(40)16-24(17-33-30)27-20(3)37-38(21(27)4)18-43-14-15-44(5,6)7/h12-13,16-17,19,22-23,28-29,40H,8-11,14-15,18H2,1-7H3,(H,35,41)(H,33,36,42). The van der Waals surface area contributed by atoms with Crippen LogP contribution in [-0.4, -0.2) is 78.6 Å². The molecule has 3 aromatic heterocycles. The Hall–Kier alpha value is -3.38. The molecule has 2 aliphatic carbocycles. The van der Waals surface area contributed by atoms with Crippen molar-refractivity contribution < 1.29 is 19.4 Å². The van der Waals surface area contributed by atoms with Crippen LogP contribution < -0.4 is 10.6 Å². The highest BCUT2D eigenvalue weighted by Gasteiger charge is 2.48. The van der Waals surface area contributed by atoms with Crippen molar-refractivity contribution in [2.45, 2.75) is 72.2 Å². The molecule has 2 saturated carbocycles. The molecule has 0 radical (unpaired) electrons. The van der Waals surface area contributed by atoms with Crippen molar-refractivity contribution >= 4 is 27.7 Å². The summed E-state index contributed by atoms with van der Waals surface area (Å²) in [5.74, 6) is 1.08. The molecule has 0 aromatic carbocycles. The Morgan fingerprint density at radius 1 is 1.14 bits per heavy atom. The van der Waals surface area contributed by atoms with E-state index >= 15 is 0 Å². The summed E-state index contributed by atoms with van der Waals surface area (Å²) in [6.45, 7) is 8.83. The molecule has 240 valence electrons. The second-order valence-electron chi connectivity index (χ2n) is 13.4. The third-order valence-electron chi connectivity index (χ3n) is 8.51. The van der Waals surface area contributed by atoms with E-state index in [0.717, 1.165) is 48.4 Å². The van der Waals surface area contributed by atoms with E-state index in [-0.39, 0.29) is 35.3 Å². The van der Waals surface area contributed by atoms with Gasteiger partial charge >= 0.3 is 0 Å². The molecule has 1 atom stereocenters. The van der Waals surface area contributed by atoms with Crippen LogP contribution in [0.5, 0.6) is 5.75 Å². The number of pyridine rings is 1. The number of hydrogen-bond donors (Lipinski definition) is 3. The van der Waals surface area contributed by atoms with Gasteiger partial charge in [-0.15, -0.1) is 0 Å². The predicted molar refractivity (Wildman–Crippen MR) is 174 cm³/mol. The Bertz CT molecular complexity index is 1490. The lowest BCUT2D eigenvalue weighted by Gasteiger charge is -2.27. The Morgan fingerprint density at radius 3 is 2.41 bits per heavy atom. The third-order valence-corrected chi connectivity index (χ3v) is 9.90. The molecule has 0 spiro atoms. The van der Waals surface area contributed by atoms with E-state index in [1.807, 2.05) is 32.4 Å². The summed E-state index contributed by atoms with van der Waals surface area (Å²) < 4.78 is 9.38. The third kappa shape index (κ3) is 7.46. The molecular formula is C32H47N7O4S. The van der Waals surface area contributed by atoms with Gasteiger partial charge in [0.15, 0.2) is 11.6 Å². The molecule has 2 fully saturated rings. The fraction of sp³-hybridized carbons (Fsp3) is 0.594. The van der Waals surface area contributed by atoms with Gasteiger partial charge in [0, 0.05) is 41.0 Å². The molecule has 0 bridgehead atoms. The van der Waals surface area contributed by atoms with Crippen molar-refractivity contribution in [2.24, 2.45) is 17.8 Å². The second-order valence-corrected chi connectivity index (χ2v) is 18.0. The van der Waals surface area contributed by atoms with Crippen molar-refractivity contribution in [1.82, 2.24) is 29.9 Å². The smallest absolute Gasteiger partial charge is 0.270 e. The minimum Gasteiger partial charge on any atom is -0.504 e. The van der Waals surface area contributed by atoms with Crippen molar-refractivity contribution in [3.05, 3.63) is 41.6 Å². The number of aromatic hydroxyl groups is 1. The molecule has 3 N–H and O–H groups in total. The average Bonchev–Trinajstić information content (AvgIpc) is 3.88. The van der Waals surface area contributed by atoms with Crippen LogP contribution in [0, 0.1) is 31.6 Å². The maximum Gasteiger partial charge on any atom is 0.270 e. The van der Waals surface area contributed by atoms with E-state index in [2.05, 4.69) is 44.6 Å². The van der Waals surface area contributed by atoms with Gasteiger partial charge in [0.2, 0.25) is 5.91 Å². The molecular weight excluding hydrogens is 578 g/mol. The largest absolute Gasteiger partial charge is 0.504 e. The highest BCUT2D eigenvalue weighted by Crippen LogP contribution is 2.51. The lowest BCUT2D eigenvalue weighted by atomic mass is 9.88. The van der Waals surface area contributed by atoms with Gasteiger partial charge in [-0.25, -0.2) is 19.7 Å². The summed E-state index contributed by atoms with van der Waals surface area (Å²) in [5.41, 5.74) is 3.68. The van der Waals surface area contributed by atoms with Crippen LogP contribution in [0.2, 0.25) is 0 Å².